The number of hydrogen-bond donors (Lipinski definition) is 3. The molecule has 154 valence electrons. The fourth-order valence-corrected chi connectivity index (χ4v) is 5.19. The van der Waals surface area contributed by atoms with E-state index < -0.39 is 0 Å². The highest BCUT2D eigenvalue weighted by Gasteiger charge is 2.42. The second kappa shape index (κ2) is 9.27. The van der Waals surface area contributed by atoms with Crippen LogP contribution in [0.4, 0.5) is 10.5 Å². The number of amides is 3. The van der Waals surface area contributed by atoms with Crippen molar-refractivity contribution in [2.24, 2.45) is 0 Å². The maximum atomic E-state index is 12.3. The number of hydrogen-bond acceptors (Lipinski definition) is 6. The lowest BCUT2D eigenvalue weighted by Crippen LogP contribution is -2.36. The van der Waals surface area contributed by atoms with Crippen molar-refractivity contribution in [2.45, 2.75) is 43.0 Å². The van der Waals surface area contributed by atoms with Crippen molar-refractivity contribution in [2.75, 3.05) is 32.4 Å². The predicted octanol–water partition coefficient (Wildman–Crippen LogP) is 2.38. The lowest BCUT2D eigenvalue weighted by molar-refractivity contribution is -0.116. The Bertz CT molecular complexity index is 705. The molecule has 0 radical (unpaired) electrons. The molecule has 0 saturated carbocycles. The van der Waals surface area contributed by atoms with Gasteiger partial charge in [-0.15, -0.1) is 0 Å². The molecule has 2 aliphatic heterocycles. The molecule has 3 atom stereocenters. The number of nitrogens with one attached hydrogen (secondary N) is 3. The Hall–Kier alpha value is -2.29. The van der Waals surface area contributed by atoms with Crippen LogP contribution in [0, 0.1) is 0 Å². The molecular weight excluding hydrogens is 382 g/mol. The van der Waals surface area contributed by atoms with Crippen LogP contribution in [0.15, 0.2) is 12.1 Å². The molecule has 3 N–H and O–H groups in total. The van der Waals surface area contributed by atoms with E-state index in [4.69, 9.17) is 14.2 Å². The van der Waals surface area contributed by atoms with E-state index in [2.05, 4.69) is 16.0 Å². The first-order valence-electron chi connectivity index (χ1n) is 9.34. The maximum Gasteiger partial charge on any atom is 0.315 e. The molecule has 0 aromatic heterocycles. The third-order valence-corrected chi connectivity index (χ3v) is 6.54. The number of anilines is 1. The fraction of sp³-hybridized carbons (Fsp3) is 0.579. The third kappa shape index (κ3) is 4.57. The van der Waals surface area contributed by atoms with Crippen LogP contribution >= 0.6 is 11.8 Å². The Labute approximate surface area is 169 Å². The Morgan fingerprint density at radius 1 is 1.14 bits per heavy atom. The van der Waals surface area contributed by atoms with Gasteiger partial charge in [-0.2, -0.15) is 11.8 Å². The van der Waals surface area contributed by atoms with Crippen LogP contribution in [0.2, 0.25) is 0 Å². The molecule has 2 fully saturated rings. The number of fused-ring (bicyclic) bond motifs is 1. The molecule has 1 aromatic rings. The van der Waals surface area contributed by atoms with E-state index >= 15 is 0 Å². The van der Waals surface area contributed by atoms with Gasteiger partial charge in [-0.3, -0.25) is 4.79 Å². The summed E-state index contributed by atoms with van der Waals surface area (Å²) < 4.78 is 15.9. The van der Waals surface area contributed by atoms with Crippen molar-refractivity contribution < 1.29 is 23.8 Å². The van der Waals surface area contributed by atoms with Crippen molar-refractivity contribution >= 4 is 29.4 Å². The monoisotopic (exact) mass is 409 g/mol. The Balaban J connectivity index is 1.45. The number of carbonyl (C=O) groups is 2. The number of urea groups is 1. The Morgan fingerprint density at radius 3 is 2.50 bits per heavy atom. The molecule has 0 aliphatic carbocycles. The van der Waals surface area contributed by atoms with Gasteiger partial charge in [0.05, 0.1) is 33.4 Å². The topological polar surface area (TPSA) is 97.9 Å². The average Bonchev–Trinajstić information content (AvgIpc) is 3.23. The first kappa shape index (κ1) is 20.4. The minimum atomic E-state index is -0.0648. The zero-order valence-corrected chi connectivity index (χ0v) is 17.2. The van der Waals surface area contributed by atoms with E-state index in [0.29, 0.717) is 34.6 Å². The highest BCUT2D eigenvalue weighted by molar-refractivity contribution is 8.00. The van der Waals surface area contributed by atoms with Crippen molar-refractivity contribution in [1.82, 2.24) is 10.6 Å². The van der Waals surface area contributed by atoms with Gasteiger partial charge in [0, 0.05) is 35.2 Å². The van der Waals surface area contributed by atoms with Crippen LogP contribution in [0.1, 0.15) is 25.7 Å². The molecule has 3 unspecified atom stereocenters. The number of carbonyl (C=O) groups excluding carboxylic acids is 2. The summed E-state index contributed by atoms with van der Waals surface area (Å²) in [7, 11) is 4.62. The maximum absolute atomic E-state index is 12.3. The number of unbranched alkanes of at least 4 members (excludes halogenated alkanes) is 1. The van der Waals surface area contributed by atoms with Crippen LogP contribution in [-0.4, -0.2) is 56.4 Å². The summed E-state index contributed by atoms with van der Waals surface area (Å²) in [5.74, 6) is 2.38. The highest BCUT2D eigenvalue weighted by atomic mass is 32.2. The van der Waals surface area contributed by atoms with Crippen molar-refractivity contribution in [3.63, 3.8) is 0 Å². The Morgan fingerprint density at radius 2 is 1.86 bits per heavy atom. The first-order valence-corrected chi connectivity index (χ1v) is 10.4. The summed E-state index contributed by atoms with van der Waals surface area (Å²) in [5.41, 5.74) is 0.605. The lowest BCUT2D eigenvalue weighted by atomic mass is 10.0. The number of benzene rings is 1. The summed E-state index contributed by atoms with van der Waals surface area (Å²) in [6, 6.07) is 3.82. The number of thioether (sulfide) groups is 1. The van der Waals surface area contributed by atoms with Gasteiger partial charge in [-0.25, -0.2) is 4.79 Å². The second-order valence-electron chi connectivity index (χ2n) is 6.83. The summed E-state index contributed by atoms with van der Waals surface area (Å²) in [5, 5.41) is 9.25. The van der Waals surface area contributed by atoms with Gasteiger partial charge in [-0.05, 0) is 12.8 Å². The minimum absolute atomic E-state index is 0.0536. The molecule has 1 aromatic carbocycles. The SMILES string of the molecule is COc1cc(NC(=O)CCCCC2SCC3NC(=O)NC32)cc(OC)c1OC. The smallest absolute Gasteiger partial charge is 0.315 e. The van der Waals surface area contributed by atoms with Crippen molar-refractivity contribution in [3.8, 4) is 17.2 Å². The quantitative estimate of drug-likeness (QED) is 0.428. The molecule has 2 heterocycles. The molecule has 28 heavy (non-hydrogen) atoms. The van der Waals surface area contributed by atoms with Crippen molar-refractivity contribution in [3.05, 3.63) is 12.1 Å². The zero-order valence-electron chi connectivity index (χ0n) is 16.4. The average molecular weight is 410 g/mol. The van der Waals surface area contributed by atoms with E-state index in [-0.39, 0.29) is 24.0 Å². The van der Waals surface area contributed by atoms with E-state index in [1.54, 1.807) is 12.1 Å². The zero-order chi connectivity index (χ0) is 20.1. The van der Waals surface area contributed by atoms with Crippen molar-refractivity contribution in [1.29, 1.82) is 0 Å². The number of rotatable bonds is 9. The summed E-state index contributed by atoms with van der Waals surface area (Å²) in [6.07, 6.45) is 3.17. The van der Waals surface area contributed by atoms with Gasteiger partial charge in [0.2, 0.25) is 11.7 Å². The molecular formula is C19H27N3O5S. The lowest BCUT2D eigenvalue weighted by Gasteiger charge is -2.16. The van der Waals surface area contributed by atoms with Gasteiger partial charge in [-0.1, -0.05) is 6.42 Å². The minimum Gasteiger partial charge on any atom is -0.493 e. The van der Waals surface area contributed by atoms with Crippen LogP contribution in [0.3, 0.4) is 0 Å². The molecule has 3 amide bonds. The van der Waals surface area contributed by atoms with Crippen LogP contribution < -0.4 is 30.2 Å². The summed E-state index contributed by atoms with van der Waals surface area (Å²) in [4.78, 5) is 23.7. The van der Waals surface area contributed by atoms with Crippen LogP contribution in [0.25, 0.3) is 0 Å². The van der Waals surface area contributed by atoms with E-state index in [0.717, 1.165) is 25.0 Å². The molecule has 3 rings (SSSR count). The fourth-order valence-electron chi connectivity index (χ4n) is 3.65. The molecule has 9 heteroatoms. The van der Waals surface area contributed by atoms with E-state index in [1.807, 2.05) is 11.8 Å². The van der Waals surface area contributed by atoms with Crippen LogP contribution in [0.5, 0.6) is 17.2 Å². The van der Waals surface area contributed by atoms with Gasteiger partial charge in [0.25, 0.3) is 0 Å². The standard InChI is InChI=1S/C19H27N3O5S/c1-25-13-8-11(9-14(26-2)18(13)27-3)20-16(23)7-5-4-6-15-17-12(10-28-15)21-19(24)22-17/h8-9,12,15,17H,4-7,10H2,1-3H3,(H,20,23)(H2,21,22,24). The molecule has 0 bridgehead atoms. The van der Waals surface area contributed by atoms with E-state index in [1.165, 1.54) is 21.3 Å². The first-order chi connectivity index (χ1) is 13.5. The number of ether oxygens (including phenoxy) is 3. The second-order valence-corrected chi connectivity index (χ2v) is 8.10. The van der Waals surface area contributed by atoms with Crippen LogP contribution in [-0.2, 0) is 4.79 Å². The van der Waals surface area contributed by atoms with Gasteiger partial charge in [0.15, 0.2) is 11.5 Å². The third-order valence-electron chi connectivity index (χ3n) is 5.03. The predicted molar refractivity (Wildman–Crippen MR) is 109 cm³/mol. The molecule has 2 aliphatic rings. The molecule has 0 spiro atoms. The largest absolute Gasteiger partial charge is 0.493 e. The Kier molecular flexibility index (Phi) is 6.77. The summed E-state index contributed by atoms with van der Waals surface area (Å²) >= 11 is 1.89. The van der Waals surface area contributed by atoms with Gasteiger partial charge >= 0.3 is 6.03 Å². The highest BCUT2D eigenvalue weighted by Crippen LogP contribution is 2.40. The van der Waals surface area contributed by atoms with Gasteiger partial charge < -0.3 is 30.2 Å². The number of methoxy groups -OCH3 is 3. The van der Waals surface area contributed by atoms with E-state index in [9.17, 15) is 9.59 Å². The molecule has 8 nitrogen and oxygen atoms in total. The van der Waals surface area contributed by atoms with Gasteiger partial charge in [0.1, 0.15) is 0 Å². The normalized spacial score (nSPS) is 22.8. The summed E-state index contributed by atoms with van der Waals surface area (Å²) in [6.45, 7) is 0. The molecule has 2 saturated heterocycles.